The zero-order valence-electron chi connectivity index (χ0n) is 11.8. The van der Waals surface area contributed by atoms with Crippen molar-refractivity contribution in [2.75, 3.05) is 5.73 Å². The van der Waals surface area contributed by atoms with Crippen molar-refractivity contribution in [2.24, 2.45) is 5.92 Å². The molecule has 1 fully saturated rings. The Labute approximate surface area is 117 Å². The highest BCUT2D eigenvalue weighted by atomic mass is 16.5. The minimum Gasteiger partial charge on any atom is -0.381 e. The number of nitrogens with zero attached hydrogens (tertiary/aromatic N) is 2. The molecule has 1 saturated carbocycles. The number of fused-ring (bicyclic) bond motifs is 3. The Morgan fingerprint density at radius 2 is 2.05 bits per heavy atom. The lowest BCUT2D eigenvalue weighted by molar-refractivity contribution is 0.329. The zero-order valence-corrected chi connectivity index (χ0v) is 11.8. The number of nitrogen functional groups attached to an aromatic ring is 1. The smallest absolute Gasteiger partial charge is 0.193 e. The molecule has 5 heteroatoms. The molecule has 106 valence electrons. The first kappa shape index (κ1) is 12.0. The number of nitrogens with one attached hydrogen (secondary N) is 1. The molecule has 2 aliphatic rings. The summed E-state index contributed by atoms with van der Waals surface area (Å²) in [5, 5.41) is 11.6. The summed E-state index contributed by atoms with van der Waals surface area (Å²) in [6.07, 6.45) is 7.48. The summed E-state index contributed by atoms with van der Waals surface area (Å²) >= 11 is 0. The van der Waals surface area contributed by atoms with Gasteiger partial charge >= 0.3 is 0 Å². The maximum Gasteiger partial charge on any atom is 0.193 e. The molecule has 0 aromatic carbocycles. The van der Waals surface area contributed by atoms with Crippen LogP contribution in [0, 0.1) is 5.92 Å². The fourth-order valence-corrected chi connectivity index (χ4v) is 4.03. The Morgan fingerprint density at radius 3 is 2.80 bits per heavy atom. The number of H-pyrrole nitrogens is 1. The average molecular weight is 272 g/mol. The van der Waals surface area contributed by atoms with Crippen molar-refractivity contribution >= 4 is 5.82 Å². The summed E-state index contributed by atoms with van der Waals surface area (Å²) in [6, 6.07) is 0. The minimum atomic E-state index is 0.334. The van der Waals surface area contributed by atoms with Crippen molar-refractivity contribution in [2.45, 2.75) is 51.4 Å². The van der Waals surface area contributed by atoms with Crippen LogP contribution in [0.15, 0.2) is 4.52 Å². The lowest BCUT2D eigenvalue weighted by Gasteiger charge is -2.28. The van der Waals surface area contributed by atoms with Gasteiger partial charge in [0.25, 0.3) is 0 Å². The highest BCUT2D eigenvalue weighted by Gasteiger charge is 2.43. The van der Waals surface area contributed by atoms with Gasteiger partial charge < -0.3 is 10.3 Å². The Bertz CT molecular complexity index is 636. The number of aromatic nitrogens is 3. The van der Waals surface area contributed by atoms with Crippen LogP contribution in [-0.2, 0) is 6.42 Å². The van der Waals surface area contributed by atoms with Gasteiger partial charge in [-0.15, -0.1) is 0 Å². The van der Waals surface area contributed by atoms with Gasteiger partial charge in [0.2, 0.25) is 0 Å². The molecule has 0 bridgehead atoms. The van der Waals surface area contributed by atoms with Crippen molar-refractivity contribution in [3.8, 4) is 11.5 Å². The van der Waals surface area contributed by atoms with Gasteiger partial charge in [-0.25, -0.2) is 0 Å². The van der Waals surface area contributed by atoms with E-state index in [0.717, 1.165) is 23.4 Å². The van der Waals surface area contributed by atoms with Gasteiger partial charge in [0.05, 0.1) is 5.56 Å². The number of hydrogen-bond donors (Lipinski definition) is 2. The molecule has 2 heterocycles. The zero-order chi connectivity index (χ0) is 13.7. The fourth-order valence-electron chi connectivity index (χ4n) is 4.03. The Balaban J connectivity index is 1.87. The van der Waals surface area contributed by atoms with E-state index in [1.54, 1.807) is 0 Å². The molecule has 0 saturated heterocycles. The first-order chi connectivity index (χ1) is 9.81. The van der Waals surface area contributed by atoms with Crippen LogP contribution in [0.25, 0.3) is 11.5 Å². The first-order valence-electron chi connectivity index (χ1n) is 7.63. The summed E-state index contributed by atoms with van der Waals surface area (Å²) in [7, 11) is 0. The van der Waals surface area contributed by atoms with Gasteiger partial charge in [-0.2, -0.15) is 5.10 Å². The Kier molecular flexibility index (Phi) is 2.62. The van der Waals surface area contributed by atoms with E-state index in [2.05, 4.69) is 22.3 Å². The van der Waals surface area contributed by atoms with Crippen LogP contribution in [-0.4, -0.2) is 15.4 Å². The molecule has 1 atom stereocenters. The van der Waals surface area contributed by atoms with Crippen molar-refractivity contribution in [1.29, 1.82) is 0 Å². The predicted molar refractivity (Wildman–Crippen MR) is 76.3 cm³/mol. The second-order valence-electron chi connectivity index (χ2n) is 6.00. The maximum absolute atomic E-state index is 6.08. The predicted octanol–water partition coefficient (Wildman–Crippen LogP) is 3.23. The van der Waals surface area contributed by atoms with Gasteiger partial charge in [0.1, 0.15) is 5.69 Å². The summed E-state index contributed by atoms with van der Waals surface area (Å²) in [5.74, 6) is 2.33. The van der Waals surface area contributed by atoms with Crippen LogP contribution in [0.3, 0.4) is 0 Å². The number of nitrogens with two attached hydrogens (primary N) is 1. The molecule has 0 radical (unpaired) electrons. The standard InChI is InChI=1S/C15H20N4O/c1-2-9-11-10(8-6-4-3-5-7-8)12-14(13(11)18-17-9)20-19-15(12)16/h8,10H,2-7H2,1H3,(H2,16,19)(H,17,18)/t10-/m0/s1. The molecule has 0 unspecified atom stereocenters. The third-order valence-corrected chi connectivity index (χ3v) is 4.95. The van der Waals surface area contributed by atoms with Crippen LogP contribution in [0.2, 0.25) is 0 Å². The van der Waals surface area contributed by atoms with E-state index >= 15 is 0 Å². The molecule has 4 rings (SSSR count). The monoisotopic (exact) mass is 272 g/mol. The van der Waals surface area contributed by atoms with Gasteiger partial charge in [0.15, 0.2) is 11.6 Å². The number of rotatable bonds is 2. The molecular weight excluding hydrogens is 252 g/mol. The average Bonchev–Trinajstić information content (AvgIpc) is 3.12. The SMILES string of the molecule is CCc1[nH]nc2c1[C@H](C1CCCCC1)c1c(N)noc1-2. The van der Waals surface area contributed by atoms with Crippen molar-refractivity contribution in [1.82, 2.24) is 15.4 Å². The van der Waals surface area contributed by atoms with E-state index in [1.807, 2.05) is 0 Å². The second kappa shape index (κ2) is 4.36. The fraction of sp³-hybridized carbons (Fsp3) is 0.600. The minimum absolute atomic E-state index is 0.334. The Morgan fingerprint density at radius 1 is 1.25 bits per heavy atom. The van der Waals surface area contributed by atoms with E-state index in [1.165, 1.54) is 43.4 Å². The van der Waals surface area contributed by atoms with E-state index in [9.17, 15) is 0 Å². The van der Waals surface area contributed by atoms with E-state index in [0.29, 0.717) is 17.7 Å². The highest BCUT2D eigenvalue weighted by molar-refractivity contribution is 5.76. The van der Waals surface area contributed by atoms with Crippen molar-refractivity contribution < 1.29 is 4.52 Å². The molecule has 0 aliphatic heterocycles. The second-order valence-corrected chi connectivity index (χ2v) is 6.00. The van der Waals surface area contributed by atoms with E-state index < -0.39 is 0 Å². The number of hydrogen-bond acceptors (Lipinski definition) is 4. The van der Waals surface area contributed by atoms with Crippen LogP contribution < -0.4 is 5.73 Å². The summed E-state index contributed by atoms with van der Waals surface area (Å²) in [5.41, 5.74) is 10.7. The molecule has 2 aromatic rings. The topological polar surface area (TPSA) is 80.7 Å². The van der Waals surface area contributed by atoms with Crippen molar-refractivity contribution in [3.63, 3.8) is 0 Å². The highest BCUT2D eigenvalue weighted by Crippen LogP contribution is 2.53. The molecule has 5 nitrogen and oxygen atoms in total. The molecule has 0 amide bonds. The molecule has 0 spiro atoms. The third kappa shape index (κ3) is 1.49. The largest absolute Gasteiger partial charge is 0.381 e. The summed E-state index contributed by atoms with van der Waals surface area (Å²) < 4.78 is 5.45. The van der Waals surface area contributed by atoms with Crippen LogP contribution in [0.5, 0.6) is 0 Å². The molecule has 20 heavy (non-hydrogen) atoms. The lowest BCUT2D eigenvalue weighted by Crippen LogP contribution is -2.17. The van der Waals surface area contributed by atoms with E-state index in [4.69, 9.17) is 10.3 Å². The summed E-state index contributed by atoms with van der Waals surface area (Å²) in [6.45, 7) is 2.16. The number of anilines is 1. The molecule has 2 aromatic heterocycles. The summed E-state index contributed by atoms with van der Waals surface area (Å²) in [4.78, 5) is 0. The van der Waals surface area contributed by atoms with Crippen LogP contribution in [0.4, 0.5) is 5.82 Å². The first-order valence-corrected chi connectivity index (χ1v) is 7.63. The van der Waals surface area contributed by atoms with E-state index in [-0.39, 0.29) is 0 Å². The molecular formula is C15H20N4O. The number of aromatic amines is 1. The normalized spacial score (nSPS) is 21.9. The van der Waals surface area contributed by atoms with Crippen LogP contribution >= 0.6 is 0 Å². The molecule has 2 aliphatic carbocycles. The van der Waals surface area contributed by atoms with Crippen molar-refractivity contribution in [3.05, 3.63) is 16.8 Å². The third-order valence-electron chi connectivity index (χ3n) is 4.95. The quantitative estimate of drug-likeness (QED) is 0.879. The lowest BCUT2D eigenvalue weighted by atomic mass is 9.75. The van der Waals surface area contributed by atoms with Crippen LogP contribution in [0.1, 0.15) is 61.8 Å². The molecule has 3 N–H and O–H groups in total. The maximum atomic E-state index is 6.08. The van der Waals surface area contributed by atoms with Gasteiger partial charge in [0, 0.05) is 17.2 Å². The Hall–Kier alpha value is -1.78. The van der Waals surface area contributed by atoms with Gasteiger partial charge in [-0.05, 0) is 25.2 Å². The van der Waals surface area contributed by atoms with Gasteiger partial charge in [-0.1, -0.05) is 31.3 Å². The van der Waals surface area contributed by atoms with Gasteiger partial charge in [-0.3, -0.25) is 5.10 Å². The number of aryl methyl sites for hydroxylation is 1.